The van der Waals surface area contributed by atoms with Crippen LogP contribution in [0.5, 0.6) is 0 Å². The highest BCUT2D eigenvalue weighted by Crippen LogP contribution is 2.40. The van der Waals surface area contributed by atoms with Crippen LogP contribution in [0.4, 0.5) is 13.2 Å². The molecule has 0 heterocycles. The Kier molecular flexibility index (Phi) is 8.71. The maximum Gasteiger partial charge on any atom is 0.404 e. The van der Waals surface area contributed by atoms with Gasteiger partial charge >= 0.3 is 12.1 Å². The van der Waals surface area contributed by atoms with Crippen molar-refractivity contribution in [2.24, 2.45) is 5.92 Å². The van der Waals surface area contributed by atoms with E-state index >= 15 is 0 Å². The highest BCUT2D eigenvalue weighted by Gasteiger charge is 2.56. The standard InChI is InChI=1S/C25H33F3O3Si/c1-6-7-18-30-23(29)22(25(26,27)28)19(2)31-32(24(3,4)5,20-14-10-8-11-15-20)21-16-12-9-13-17-21/h8-17,19,22H,6-7,18H2,1-5H3. The van der Waals surface area contributed by atoms with Gasteiger partial charge in [0.2, 0.25) is 0 Å². The van der Waals surface area contributed by atoms with Gasteiger partial charge in [0.1, 0.15) is 0 Å². The first-order valence-electron chi connectivity index (χ1n) is 11.0. The van der Waals surface area contributed by atoms with E-state index in [1.807, 2.05) is 88.4 Å². The lowest BCUT2D eigenvalue weighted by atomic mass is 10.0. The van der Waals surface area contributed by atoms with E-state index < -0.39 is 37.5 Å². The van der Waals surface area contributed by atoms with Gasteiger partial charge in [-0.15, -0.1) is 0 Å². The predicted octanol–water partition coefficient (Wildman–Crippen LogP) is 5.47. The highest BCUT2D eigenvalue weighted by atomic mass is 28.4. The van der Waals surface area contributed by atoms with E-state index in [9.17, 15) is 18.0 Å². The summed E-state index contributed by atoms with van der Waals surface area (Å²) in [5, 5.41) is 1.20. The Bertz CT molecular complexity index is 809. The minimum atomic E-state index is -4.78. The summed E-state index contributed by atoms with van der Waals surface area (Å²) >= 11 is 0. The van der Waals surface area contributed by atoms with E-state index in [0.717, 1.165) is 16.8 Å². The Morgan fingerprint density at radius 2 is 1.41 bits per heavy atom. The Hall–Kier alpha value is -2.12. The Labute approximate surface area is 190 Å². The van der Waals surface area contributed by atoms with Crippen molar-refractivity contribution in [2.75, 3.05) is 6.61 Å². The van der Waals surface area contributed by atoms with Crippen LogP contribution in [-0.2, 0) is 14.0 Å². The number of rotatable bonds is 9. The molecule has 0 bridgehead atoms. The molecule has 2 rings (SSSR count). The van der Waals surface area contributed by atoms with E-state index in [-0.39, 0.29) is 6.61 Å². The second kappa shape index (κ2) is 10.7. The molecule has 176 valence electrons. The molecule has 7 heteroatoms. The minimum absolute atomic E-state index is 0.0339. The zero-order valence-corrected chi connectivity index (χ0v) is 20.4. The van der Waals surface area contributed by atoms with Gasteiger partial charge in [-0.25, -0.2) is 0 Å². The molecule has 0 fully saturated rings. The van der Waals surface area contributed by atoms with Crippen molar-refractivity contribution in [3.63, 3.8) is 0 Å². The molecular weight excluding hydrogens is 433 g/mol. The highest BCUT2D eigenvalue weighted by molar-refractivity contribution is 6.99. The largest absolute Gasteiger partial charge is 0.465 e. The number of hydrogen-bond donors (Lipinski definition) is 0. The van der Waals surface area contributed by atoms with Gasteiger partial charge in [-0.05, 0) is 28.8 Å². The van der Waals surface area contributed by atoms with Crippen LogP contribution in [0.2, 0.25) is 5.04 Å². The average molecular weight is 467 g/mol. The number of ether oxygens (including phenoxy) is 1. The average Bonchev–Trinajstić information content (AvgIpc) is 2.71. The molecule has 0 aliphatic carbocycles. The van der Waals surface area contributed by atoms with Crippen LogP contribution in [0.1, 0.15) is 47.5 Å². The second-order valence-corrected chi connectivity index (χ2v) is 13.3. The third-order valence-corrected chi connectivity index (χ3v) is 10.7. The maximum atomic E-state index is 14.0. The smallest absolute Gasteiger partial charge is 0.404 e. The number of alkyl halides is 3. The number of benzene rings is 2. The summed E-state index contributed by atoms with van der Waals surface area (Å²) in [6.07, 6.45) is -4.97. The van der Waals surface area contributed by atoms with E-state index in [1.165, 1.54) is 6.92 Å². The van der Waals surface area contributed by atoms with Crippen molar-refractivity contribution in [1.82, 2.24) is 0 Å². The van der Waals surface area contributed by atoms with Crippen LogP contribution in [0.25, 0.3) is 0 Å². The van der Waals surface area contributed by atoms with Gasteiger partial charge in [0.15, 0.2) is 5.92 Å². The lowest BCUT2D eigenvalue weighted by molar-refractivity contribution is -0.211. The zero-order valence-electron chi connectivity index (χ0n) is 19.4. The molecule has 2 aromatic rings. The Morgan fingerprint density at radius 3 is 1.78 bits per heavy atom. The van der Waals surface area contributed by atoms with Crippen LogP contribution >= 0.6 is 0 Å². The van der Waals surface area contributed by atoms with Crippen LogP contribution < -0.4 is 10.4 Å². The molecule has 3 nitrogen and oxygen atoms in total. The second-order valence-electron chi connectivity index (χ2n) is 9.03. The van der Waals surface area contributed by atoms with Gasteiger partial charge in [-0.1, -0.05) is 94.8 Å². The first kappa shape index (κ1) is 26.1. The summed E-state index contributed by atoms with van der Waals surface area (Å²) in [5.74, 6) is -3.64. The van der Waals surface area contributed by atoms with Gasteiger partial charge in [-0.2, -0.15) is 13.2 Å². The van der Waals surface area contributed by atoms with Gasteiger partial charge in [-0.3, -0.25) is 4.79 Å². The van der Waals surface area contributed by atoms with Gasteiger partial charge in [0.05, 0.1) is 12.7 Å². The fourth-order valence-electron chi connectivity index (χ4n) is 4.04. The van der Waals surface area contributed by atoms with Gasteiger partial charge in [0.25, 0.3) is 8.32 Å². The van der Waals surface area contributed by atoms with Crippen molar-refractivity contribution in [3.05, 3.63) is 60.7 Å². The molecule has 2 unspecified atom stereocenters. The normalized spacial score (nSPS) is 14.6. The lowest BCUT2D eigenvalue weighted by Crippen LogP contribution is -2.68. The molecule has 0 amide bonds. The molecule has 0 radical (unpaired) electrons. The van der Waals surface area contributed by atoms with Crippen molar-refractivity contribution >= 4 is 24.7 Å². The third kappa shape index (κ3) is 5.81. The molecule has 2 aromatic carbocycles. The third-order valence-electron chi connectivity index (χ3n) is 5.60. The molecule has 0 saturated carbocycles. The molecule has 0 aromatic heterocycles. The fourth-order valence-corrected chi connectivity index (χ4v) is 8.75. The monoisotopic (exact) mass is 466 g/mol. The molecule has 0 N–H and O–H groups in total. The molecule has 32 heavy (non-hydrogen) atoms. The summed E-state index contributed by atoms with van der Waals surface area (Å²) in [7, 11) is -3.25. The number of esters is 1. The predicted molar refractivity (Wildman–Crippen MR) is 124 cm³/mol. The van der Waals surface area contributed by atoms with Crippen molar-refractivity contribution < 1.29 is 27.1 Å². The summed E-state index contributed by atoms with van der Waals surface area (Å²) in [4.78, 5) is 12.5. The summed E-state index contributed by atoms with van der Waals surface area (Å²) in [5.41, 5.74) is 0. The topological polar surface area (TPSA) is 35.5 Å². The summed E-state index contributed by atoms with van der Waals surface area (Å²) in [6, 6.07) is 18.8. The van der Waals surface area contributed by atoms with Crippen LogP contribution in [-0.4, -0.2) is 33.2 Å². The van der Waals surface area contributed by atoms with Crippen LogP contribution in [0, 0.1) is 5.92 Å². The zero-order chi connectivity index (χ0) is 24.0. The SMILES string of the molecule is CCCCOC(=O)C(C(C)O[Si](c1ccccc1)(c1ccccc1)C(C)(C)C)C(F)(F)F. The molecule has 0 spiro atoms. The van der Waals surface area contributed by atoms with Gasteiger partial charge < -0.3 is 9.16 Å². The molecule has 2 atom stereocenters. The van der Waals surface area contributed by atoms with E-state index in [4.69, 9.17) is 9.16 Å². The number of carbonyl (C=O) groups is 1. The van der Waals surface area contributed by atoms with Crippen LogP contribution in [0.3, 0.4) is 0 Å². The Morgan fingerprint density at radius 1 is 0.938 bits per heavy atom. The number of hydrogen-bond acceptors (Lipinski definition) is 3. The van der Waals surface area contributed by atoms with E-state index in [0.29, 0.717) is 6.42 Å². The number of halogens is 3. The van der Waals surface area contributed by atoms with E-state index in [1.54, 1.807) is 0 Å². The summed E-state index contributed by atoms with van der Waals surface area (Å²) < 4.78 is 53.6. The summed E-state index contributed by atoms with van der Waals surface area (Å²) in [6.45, 7) is 9.12. The first-order valence-corrected chi connectivity index (χ1v) is 12.9. The maximum absolute atomic E-state index is 14.0. The lowest BCUT2D eigenvalue weighted by Gasteiger charge is -2.45. The van der Waals surface area contributed by atoms with Crippen LogP contribution in [0.15, 0.2) is 60.7 Å². The number of unbranched alkanes of at least 4 members (excludes halogenated alkanes) is 1. The molecular formula is C25H33F3O3Si. The quantitative estimate of drug-likeness (QED) is 0.279. The Balaban J connectivity index is 2.58. The van der Waals surface area contributed by atoms with Crippen molar-refractivity contribution in [1.29, 1.82) is 0 Å². The molecule has 0 aliphatic rings. The van der Waals surface area contributed by atoms with Gasteiger partial charge in [0, 0.05) is 0 Å². The molecule has 0 saturated heterocycles. The van der Waals surface area contributed by atoms with Crippen molar-refractivity contribution in [2.45, 2.75) is 64.8 Å². The fraction of sp³-hybridized carbons (Fsp3) is 0.480. The van der Waals surface area contributed by atoms with Crippen molar-refractivity contribution in [3.8, 4) is 0 Å². The first-order chi connectivity index (χ1) is 14.9. The molecule has 0 aliphatic heterocycles. The van der Waals surface area contributed by atoms with E-state index in [2.05, 4.69) is 0 Å². The minimum Gasteiger partial charge on any atom is -0.465 e. The number of carbonyl (C=O) groups excluding carboxylic acids is 1.